The number of anilines is 2. The van der Waals surface area contributed by atoms with Crippen LogP contribution in [0.1, 0.15) is 24.1 Å². The molecule has 2 rings (SSSR count). The zero-order chi connectivity index (χ0) is 15.4. The van der Waals surface area contributed by atoms with Crippen LogP contribution in [-0.4, -0.2) is 14.1 Å². The van der Waals surface area contributed by atoms with E-state index >= 15 is 0 Å². The fourth-order valence-electron chi connectivity index (χ4n) is 2.10. The SMILES string of the molecule is CC(Nc1ccc(Cl)c(C#N)c1)c1ccc(N(C)C)cc1. The molecule has 2 aromatic carbocycles. The van der Waals surface area contributed by atoms with Gasteiger partial charge in [-0.15, -0.1) is 0 Å². The highest BCUT2D eigenvalue weighted by Crippen LogP contribution is 2.24. The van der Waals surface area contributed by atoms with Crippen molar-refractivity contribution < 1.29 is 0 Å². The van der Waals surface area contributed by atoms with E-state index in [0.717, 1.165) is 5.69 Å². The predicted molar refractivity (Wildman–Crippen MR) is 89.0 cm³/mol. The Morgan fingerprint density at radius 3 is 2.38 bits per heavy atom. The van der Waals surface area contributed by atoms with Crippen LogP contribution >= 0.6 is 11.6 Å². The molecule has 21 heavy (non-hydrogen) atoms. The van der Waals surface area contributed by atoms with Gasteiger partial charge in [0.25, 0.3) is 0 Å². The van der Waals surface area contributed by atoms with Crippen LogP contribution < -0.4 is 10.2 Å². The van der Waals surface area contributed by atoms with Crippen LogP contribution in [-0.2, 0) is 0 Å². The van der Waals surface area contributed by atoms with Crippen molar-refractivity contribution in [2.75, 3.05) is 24.3 Å². The van der Waals surface area contributed by atoms with Crippen LogP contribution in [0.15, 0.2) is 42.5 Å². The lowest BCUT2D eigenvalue weighted by Gasteiger charge is -2.18. The second-order valence-corrected chi connectivity index (χ2v) is 5.57. The van der Waals surface area contributed by atoms with Gasteiger partial charge in [0.05, 0.1) is 10.6 Å². The Balaban J connectivity index is 2.14. The lowest BCUT2D eigenvalue weighted by atomic mass is 10.1. The van der Waals surface area contributed by atoms with Crippen LogP contribution in [0.5, 0.6) is 0 Å². The first-order chi connectivity index (χ1) is 10.0. The van der Waals surface area contributed by atoms with E-state index < -0.39 is 0 Å². The molecule has 108 valence electrons. The van der Waals surface area contributed by atoms with Crippen molar-refractivity contribution in [1.29, 1.82) is 5.26 Å². The molecule has 1 N–H and O–H groups in total. The smallest absolute Gasteiger partial charge is 0.101 e. The Kier molecular flexibility index (Phi) is 4.72. The number of nitrogens with one attached hydrogen (secondary N) is 1. The summed E-state index contributed by atoms with van der Waals surface area (Å²) in [7, 11) is 4.04. The molecular weight excluding hydrogens is 282 g/mol. The third kappa shape index (κ3) is 3.68. The van der Waals surface area contributed by atoms with E-state index in [4.69, 9.17) is 16.9 Å². The predicted octanol–water partition coefficient (Wildman–Crippen LogP) is 4.45. The Morgan fingerprint density at radius 1 is 1.14 bits per heavy atom. The lowest BCUT2D eigenvalue weighted by Crippen LogP contribution is -2.10. The third-order valence-corrected chi connectivity index (χ3v) is 3.71. The summed E-state index contributed by atoms with van der Waals surface area (Å²) in [5.41, 5.74) is 3.73. The highest BCUT2D eigenvalue weighted by atomic mass is 35.5. The van der Waals surface area contributed by atoms with Crippen LogP contribution in [0, 0.1) is 11.3 Å². The third-order valence-electron chi connectivity index (χ3n) is 3.38. The number of nitriles is 1. The number of nitrogens with zero attached hydrogens (tertiary/aromatic N) is 2. The van der Waals surface area contributed by atoms with Gasteiger partial charge >= 0.3 is 0 Å². The molecule has 0 bridgehead atoms. The van der Waals surface area contributed by atoms with Crippen molar-refractivity contribution in [3.63, 3.8) is 0 Å². The summed E-state index contributed by atoms with van der Waals surface area (Å²) in [6.07, 6.45) is 0. The Morgan fingerprint density at radius 2 is 1.81 bits per heavy atom. The van der Waals surface area contributed by atoms with E-state index in [9.17, 15) is 0 Å². The summed E-state index contributed by atoms with van der Waals surface area (Å²) in [6.45, 7) is 2.09. The first-order valence-corrected chi connectivity index (χ1v) is 7.12. The highest BCUT2D eigenvalue weighted by Gasteiger charge is 2.07. The number of rotatable bonds is 4. The van der Waals surface area contributed by atoms with Crippen molar-refractivity contribution in [2.45, 2.75) is 13.0 Å². The van der Waals surface area contributed by atoms with E-state index in [0.29, 0.717) is 10.6 Å². The number of halogens is 1. The first kappa shape index (κ1) is 15.2. The average Bonchev–Trinajstić information content (AvgIpc) is 2.49. The number of hydrogen-bond acceptors (Lipinski definition) is 3. The first-order valence-electron chi connectivity index (χ1n) is 6.74. The minimum Gasteiger partial charge on any atom is -0.378 e. The second kappa shape index (κ2) is 6.51. The summed E-state index contributed by atoms with van der Waals surface area (Å²) in [5, 5.41) is 12.9. The lowest BCUT2D eigenvalue weighted by molar-refractivity contribution is 0.884. The molecule has 0 fully saturated rings. The van der Waals surface area contributed by atoms with Gasteiger partial charge < -0.3 is 10.2 Å². The normalized spacial score (nSPS) is 11.6. The zero-order valence-electron chi connectivity index (χ0n) is 12.4. The van der Waals surface area contributed by atoms with Gasteiger partial charge in [0.15, 0.2) is 0 Å². The zero-order valence-corrected chi connectivity index (χ0v) is 13.1. The Hall–Kier alpha value is -2.18. The quantitative estimate of drug-likeness (QED) is 0.906. The topological polar surface area (TPSA) is 39.1 Å². The summed E-state index contributed by atoms with van der Waals surface area (Å²) in [6, 6.07) is 16.0. The monoisotopic (exact) mass is 299 g/mol. The molecule has 3 nitrogen and oxygen atoms in total. The second-order valence-electron chi connectivity index (χ2n) is 5.16. The maximum Gasteiger partial charge on any atom is 0.101 e. The van der Waals surface area contributed by atoms with Crippen LogP contribution in [0.25, 0.3) is 0 Å². The molecule has 2 aromatic rings. The van der Waals surface area contributed by atoms with Gasteiger partial charge in [0.1, 0.15) is 6.07 Å². The maximum atomic E-state index is 9.01. The van der Waals surface area contributed by atoms with Gasteiger partial charge in [-0.05, 0) is 42.8 Å². The average molecular weight is 300 g/mol. The minimum absolute atomic E-state index is 0.147. The van der Waals surface area contributed by atoms with Gasteiger partial charge in [-0.2, -0.15) is 5.26 Å². The van der Waals surface area contributed by atoms with Crippen LogP contribution in [0.4, 0.5) is 11.4 Å². The fraction of sp³-hybridized carbons (Fsp3) is 0.235. The molecule has 0 radical (unpaired) electrons. The van der Waals surface area contributed by atoms with Crippen LogP contribution in [0.3, 0.4) is 0 Å². The summed E-state index contributed by atoms with van der Waals surface area (Å²) in [5.74, 6) is 0. The van der Waals surface area contributed by atoms with Gasteiger partial charge in [-0.3, -0.25) is 0 Å². The molecule has 1 atom stereocenters. The van der Waals surface area contributed by atoms with E-state index in [2.05, 4.69) is 47.5 Å². The molecule has 0 saturated heterocycles. The van der Waals surface area contributed by atoms with Crippen molar-refractivity contribution >= 4 is 23.0 Å². The molecule has 0 saturated carbocycles. The molecule has 1 unspecified atom stereocenters. The molecule has 4 heteroatoms. The minimum atomic E-state index is 0.147. The highest BCUT2D eigenvalue weighted by molar-refractivity contribution is 6.31. The Bertz CT molecular complexity index is 657. The van der Waals surface area contributed by atoms with Crippen molar-refractivity contribution in [3.8, 4) is 6.07 Å². The van der Waals surface area contributed by atoms with Gasteiger partial charge in [0.2, 0.25) is 0 Å². The van der Waals surface area contributed by atoms with Gasteiger partial charge in [-0.25, -0.2) is 0 Å². The summed E-state index contributed by atoms with van der Waals surface area (Å²) < 4.78 is 0. The number of benzene rings is 2. The molecule has 0 amide bonds. The van der Waals surface area contributed by atoms with Gasteiger partial charge in [-0.1, -0.05) is 23.7 Å². The molecule has 0 aromatic heterocycles. The van der Waals surface area contributed by atoms with E-state index in [1.54, 1.807) is 12.1 Å². The van der Waals surface area contributed by atoms with E-state index in [1.165, 1.54) is 11.3 Å². The molecule has 0 aliphatic rings. The van der Waals surface area contributed by atoms with E-state index in [-0.39, 0.29) is 6.04 Å². The largest absolute Gasteiger partial charge is 0.378 e. The molecular formula is C17H18ClN3. The van der Waals surface area contributed by atoms with Gasteiger partial charge in [0, 0.05) is 31.5 Å². The van der Waals surface area contributed by atoms with Crippen LogP contribution in [0.2, 0.25) is 5.02 Å². The van der Waals surface area contributed by atoms with Crippen molar-refractivity contribution in [1.82, 2.24) is 0 Å². The van der Waals surface area contributed by atoms with E-state index in [1.807, 2.05) is 20.2 Å². The molecule has 0 aliphatic heterocycles. The van der Waals surface area contributed by atoms with Crippen molar-refractivity contribution in [2.24, 2.45) is 0 Å². The fourth-order valence-corrected chi connectivity index (χ4v) is 2.26. The standard InChI is InChI=1S/C17H18ClN3/c1-12(13-4-7-16(8-5-13)21(2)3)20-15-6-9-17(18)14(10-15)11-19/h4-10,12,20H,1-3H3. The maximum absolute atomic E-state index is 9.01. The molecule has 0 heterocycles. The summed E-state index contributed by atoms with van der Waals surface area (Å²) in [4.78, 5) is 2.07. The Labute approximate surface area is 130 Å². The number of hydrogen-bond donors (Lipinski definition) is 1. The molecule has 0 spiro atoms. The van der Waals surface area contributed by atoms with Crippen molar-refractivity contribution in [3.05, 3.63) is 58.6 Å². The molecule has 0 aliphatic carbocycles. The summed E-state index contributed by atoms with van der Waals surface area (Å²) >= 11 is 5.94.